The number of thioether (sulfide) groups is 1. The Balaban J connectivity index is 2.18. The summed E-state index contributed by atoms with van der Waals surface area (Å²) in [6, 6.07) is 7.40. The molecule has 0 bridgehead atoms. The molecule has 3 N–H and O–H groups in total. The summed E-state index contributed by atoms with van der Waals surface area (Å²) in [7, 11) is 0. The SMILES string of the molecule is CSCC[C@@H](N)C(=O)NCCOc1cccc(C)c1. The van der Waals surface area contributed by atoms with Gasteiger partial charge >= 0.3 is 0 Å². The Hall–Kier alpha value is -1.20. The maximum absolute atomic E-state index is 11.6. The van der Waals surface area contributed by atoms with Crippen LogP contribution in [0.15, 0.2) is 24.3 Å². The van der Waals surface area contributed by atoms with Gasteiger partial charge in [-0.25, -0.2) is 0 Å². The first-order chi connectivity index (χ1) is 9.13. The third-order valence-electron chi connectivity index (χ3n) is 2.63. The van der Waals surface area contributed by atoms with Crippen LogP contribution in [0.2, 0.25) is 0 Å². The summed E-state index contributed by atoms with van der Waals surface area (Å²) in [5, 5.41) is 2.78. The zero-order valence-corrected chi connectivity index (χ0v) is 12.3. The molecule has 106 valence electrons. The lowest BCUT2D eigenvalue weighted by Gasteiger charge is -2.12. The van der Waals surface area contributed by atoms with Crippen molar-refractivity contribution in [2.24, 2.45) is 5.73 Å². The van der Waals surface area contributed by atoms with Crippen molar-refractivity contribution in [3.05, 3.63) is 29.8 Å². The van der Waals surface area contributed by atoms with Gasteiger partial charge in [0.15, 0.2) is 0 Å². The van der Waals surface area contributed by atoms with Crippen molar-refractivity contribution in [3.63, 3.8) is 0 Å². The van der Waals surface area contributed by atoms with Gasteiger partial charge < -0.3 is 15.8 Å². The van der Waals surface area contributed by atoms with Crippen molar-refractivity contribution in [2.75, 3.05) is 25.2 Å². The van der Waals surface area contributed by atoms with Gasteiger partial charge in [-0.15, -0.1) is 0 Å². The first-order valence-electron chi connectivity index (χ1n) is 6.35. The Kier molecular flexibility index (Phi) is 7.36. The van der Waals surface area contributed by atoms with E-state index in [-0.39, 0.29) is 5.91 Å². The molecular formula is C14H22N2O2S. The molecule has 1 amide bonds. The fourth-order valence-electron chi connectivity index (χ4n) is 1.56. The van der Waals surface area contributed by atoms with Crippen molar-refractivity contribution in [1.29, 1.82) is 0 Å². The first kappa shape index (κ1) is 15.9. The van der Waals surface area contributed by atoms with Gasteiger partial charge in [0, 0.05) is 0 Å². The molecule has 1 aromatic carbocycles. The maximum atomic E-state index is 11.6. The Morgan fingerprint density at radius 1 is 1.53 bits per heavy atom. The highest BCUT2D eigenvalue weighted by Crippen LogP contribution is 2.11. The van der Waals surface area contributed by atoms with Crippen LogP contribution in [0.5, 0.6) is 5.75 Å². The predicted molar refractivity (Wildman–Crippen MR) is 80.7 cm³/mol. The van der Waals surface area contributed by atoms with Gasteiger partial charge in [-0.05, 0) is 43.0 Å². The molecule has 0 aliphatic carbocycles. The van der Waals surface area contributed by atoms with Gasteiger partial charge in [-0.2, -0.15) is 11.8 Å². The number of benzene rings is 1. The van der Waals surface area contributed by atoms with E-state index in [4.69, 9.17) is 10.5 Å². The number of carbonyl (C=O) groups is 1. The number of carbonyl (C=O) groups excluding carboxylic acids is 1. The van der Waals surface area contributed by atoms with E-state index in [1.54, 1.807) is 11.8 Å². The monoisotopic (exact) mass is 282 g/mol. The average molecular weight is 282 g/mol. The normalized spacial score (nSPS) is 11.9. The summed E-state index contributed by atoms with van der Waals surface area (Å²) in [4.78, 5) is 11.6. The Bertz CT molecular complexity index is 399. The topological polar surface area (TPSA) is 64.4 Å². The van der Waals surface area contributed by atoms with Crippen LogP contribution in [0.1, 0.15) is 12.0 Å². The number of hydrogen-bond acceptors (Lipinski definition) is 4. The lowest BCUT2D eigenvalue weighted by Crippen LogP contribution is -2.42. The standard InChI is InChI=1S/C14H22N2O2S/c1-11-4-3-5-12(10-11)18-8-7-16-14(17)13(15)6-9-19-2/h3-5,10,13H,6-9,15H2,1-2H3,(H,16,17)/t13-/m1/s1. The molecule has 1 atom stereocenters. The number of amides is 1. The fraction of sp³-hybridized carbons (Fsp3) is 0.500. The third kappa shape index (κ3) is 6.50. The molecule has 0 aliphatic rings. The molecular weight excluding hydrogens is 260 g/mol. The third-order valence-corrected chi connectivity index (χ3v) is 3.27. The highest BCUT2D eigenvalue weighted by Gasteiger charge is 2.11. The van der Waals surface area contributed by atoms with E-state index >= 15 is 0 Å². The second kappa shape index (κ2) is 8.82. The second-order valence-corrected chi connectivity index (χ2v) is 5.33. The maximum Gasteiger partial charge on any atom is 0.237 e. The molecule has 1 aromatic rings. The molecule has 0 aliphatic heterocycles. The second-order valence-electron chi connectivity index (χ2n) is 4.34. The van der Waals surface area contributed by atoms with Gasteiger partial charge in [-0.3, -0.25) is 4.79 Å². The van der Waals surface area contributed by atoms with E-state index in [1.807, 2.05) is 37.4 Å². The van der Waals surface area contributed by atoms with Crippen molar-refractivity contribution in [2.45, 2.75) is 19.4 Å². The lowest BCUT2D eigenvalue weighted by atomic mass is 10.2. The van der Waals surface area contributed by atoms with Crippen LogP contribution in [0.4, 0.5) is 0 Å². The Morgan fingerprint density at radius 2 is 2.32 bits per heavy atom. The van der Waals surface area contributed by atoms with Crippen LogP contribution >= 0.6 is 11.8 Å². The summed E-state index contributed by atoms with van der Waals surface area (Å²) >= 11 is 1.69. The lowest BCUT2D eigenvalue weighted by molar-refractivity contribution is -0.122. The Morgan fingerprint density at radius 3 is 3.00 bits per heavy atom. The van der Waals surface area contributed by atoms with Gasteiger partial charge in [0.05, 0.1) is 12.6 Å². The van der Waals surface area contributed by atoms with Gasteiger partial charge in [0.25, 0.3) is 0 Å². The van der Waals surface area contributed by atoms with Crippen molar-refractivity contribution < 1.29 is 9.53 Å². The van der Waals surface area contributed by atoms with E-state index in [9.17, 15) is 4.79 Å². The largest absolute Gasteiger partial charge is 0.492 e. The van der Waals surface area contributed by atoms with Crippen LogP contribution in [-0.2, 0) is 4.79 Å². The van der Waals surface area contributed by atoms with Crippen LogP contribution in [0.3, 0.4) is 0 Å². The van der Waals surface area contributed by atoms with E-state index in [0.717, 1.165) is 17.1 Å². The molecule has 0 radical (unpaired) electrons. The molecule has 0 saturated carbocycles. The fourth-order valence-corrected chi connectivity index (χ4v) is 2.04. The molecule has 0 aromatic heterocycles. The van der Waals surface area contributed by atoms with Gasteiger partial charge in [0.2, 0.25) is 5.91 Å². The molecule has 5 heteroatoms. The number of nitrogens with one attached hydrogen (secondary N) is 1. The number of nitrogens with two attached hydrogens (primary N) is 1. The minimum absolute atomic E-state index is 0.109. The molecule has 0 spiro atoms. The highest BCUT2D eigenvalue weighted by molar-refractivity contribution is 7.98. The smallest absolute Gasteiger partial charge is 0.237 e. The highest BCUT2D eigenvalue weighted by atomic mass is 32.2. The molecule has 1 rings (SSSR count). The van der Waals surface area contributed by atoms with Crippen molar-refractivity contribution >= 4 is 17.7 Å². The average Bonchev–Trinajstić information content (AvgIpc) is 2.40. The van der Waals surface area contributed by atoms with Crippen LogP contribution < -0.4 is 15.8 Å². The van der Waals surface area contributed by atoms with Crippen molar-refractivity contribution in [3.8, 4) is 5.75 Å². The van der Waals surface area contributed by atoms with Gasteiger partial charge in [0.1, 0.15) is 12.4 Å². The number of hydrogen-bond donors (Lipinski definition) is 2. The van der Waals surface area contributed by atoms with Crippen LogP contribution in [-0.4, -0.2) is 37.1 Å². The van der Waals surface area contributed by atoms with Crippen molar-refractivity contribution in [1.82, 2.24) is 5.32 Å². The van der Waals surface area contributed by atoms with E-state index in [1.165, 1.54) is 0 Å². The van der Waals surface area contributed by atoms with Crippen LogP contribution in [0.25, 0.3) is 0 Å². The minimum Gasteiger partial charge on any atom is -0.492 e. The Labute approximate surface area is 119 Å². The van der Waals surface area contributed by atoms with E-state index < -0.39 is 6.04 Å². The molecule has 19 heavy (non-hydrogen) atoms. The quantitative estimate of drug-likeness (QED) is 0.710. The summed E-state index contributed by atoms with van der Waals surface area (Å²) in [6.07, 6.45) is 2.70. The van der Waals surface area contributed by atoms with E-state index in [2.05, 4.69) is 5.32 Å². The predicted octanol–water partition coefficient (Wildman–Crippen LogP) is 1.57. The number of rotatable bonds is 8. The molecule has 0 fully saturated rings. The van der Waals surface area contributed by atoms with Crippen LogP contribution in [0, 0.1) is 6.92 Å². The molecule has 0 unspecified atom stereocenters. The number of aryl methyl sites for hydroxylation is 1. The molecule has 0 saturated heterocycles. The molecule has 4 nitrogen and oxygen atoms in total. The number of ether oxygens (including phenoxy) is 1. The van der Waals surface area contributed by atoms with Gasteiger partial charge in [-0.1, -0.05) is 12.1 Å². The zero-order chi connectivity index (χ0) is 14.1. The summed E-state index contributed by atoms with van der Waals surface area (Å²) in [6.45, 7) is 2.93. The summed E-state index contributed by atoms with van der Waals surface area (Å²) < 4.78 is 5.54. The summed E-state index contributed by atoms with van der Waals surface area (Å²) in [5.41, 5.74) is 6.90. The summed E-state index contributed by atoms with van der Waals surface area (Å²) in [5.74, 6) is 1.61. The minimum atomic E-state index is -0.425. The van der Waals surface area contributed by atoms with E-state index in [0.29, 0.717) is 19.6 Å². The zero-order valence-electron chi connectivity index (χ0n) is 11.5. The molecule has 0 heterocycles. The first-order valence-corrected chi connectivity index (χ1v) is 7.74.